The van der Waals surface area contributed by atoms with Gasteiger partial charge in [0, 0.05) is 12.6 Å². The summed E-state index contributed by atoms with van der Waals surface area (Å²) in [6, 6.07) is 3.98. The Kier molecular flexibility index (Phi) is 5.27. The van der Waals surface area contributed by atoms with Crippen molar-refractivity contribution in [2.45, 2.75) is 25.3 Å². The van der Waals surface area contributed by atoms with Crippen LogP contribution in [0.4, 0.5) is 10.5 Å². The summed E-state index contributed by atoms with van der Waals surface area (Å²) >= 11 is 6.05. The van der Waals surface area contributed by atoms with Crippen LogP contribution in [0.5, 0.6) is 5.75 Å². The zero-order chi connectivity index (χ0) is 15.2. The quantitative estimate of drug-likeness (QED) is 0.800. The van der Waals surface area contributed by atoms with E-state index >= 15 is 0 Å². The van der Waals surface area contributed by atoms with Gasteiger partial charge in [0.25, 0.3) is 0 Å². The number of amides is 3. The fraction of sp³-hybridized carbons (Fsp3) is 0.429. The molecule has 1 atom stereocenters. The minimum absolute atomic E-state index is 0.150. The molecule has 1 saturated heterocycles. The van der Waals surface area contributed by atoms with Gasteiger partial charge < -0.3 is 20.7 Å². The molecule has 0 unspecified atom stereocenters. The molecule has 0 spiro atoms. The van der Waals surface area contributed by atoms with Gasteiger partial charge in [-0.25, -0.2) is 4.79 Å². The van der Waals surface area contributed by atoms with Gasteiger partial charge in [-0.1, -0.05) is 11.6 Å². The molecule has 1 heterocycles. The third-order valence-corrected chi connectivity index (χ3v) is 3.58. The molecule has 0 aliphatic carbocycles. The lowest BCUT2D eigenvalue weighted by molar-refractivity contribution is -0.122. The van der Waals surface area contributed by atoms with Crippen LogP contribution in [0.3, 0.4) is 0 Å². The fourth-order valence-corrected chi connectivity index (χ4v) is 2.34. The third-order valence-electron chi connectivity index (χ3n) is 3.27. The summed E-state index contributed by atoms with van der Waals surface area (Å²) < 4.78 is 5.04. The highest BCUT2D eigenvalue weighted by Gasteiger charge is 2.22. The van der Waals surface area contributed by atoms with Gasteiger partial charge in [-0.15, -0.1) is 0 Å². The maximum Gasteiger partial charge on any atom is 0.319 e. The van der Waals surface area contributed by atoms with Crippen LogP contribution in [-0.2, 0) is 4.79 Å². The summed E-state index contributed by atoms with van der Waals surface area (Å²) in [5.41, 5.74) is 0.462. The number of ether oxygens (including phenoxy) is 1. The van der Waals surface area contributed by atoms with Crippen molar-refractivity contribution in [2.75, 3.05) is 19.0 Å². The summed E-state index contributed by atoms with van der Waals surface area (Å²) in [4.78, 5) is 23.7. The topological polar surface area (TPSA) is 79.5 Å². The number of urea groups is 1. The lowest BCUT2D eigenvalue weighted by Crippen LogP contribution is -2.47. The van der Waals surface area contributed by atoms with Crippen LogP contribution in [0.15, 0.2) is 18.2 Å². The van der Waals surface area contributed by atoms with Gasteiger partial charge in [0.05, 0.1) is 17.8 Å². The van der Waals surface area contributed by atoms with E-state index in [0.29, 0.717) is 29.4 Å². The molecule has 0 saturated carbocycles. The summed E-state index contributed by atoms with van der Waals surface area (Å²) in [6.45, 7) is 0.656. The number of rotatable bonds is 3. The third kappa shape index (κ3) is 4.26. The number of anilines is 1. The van der Waals surface area contributed by atoms with E-state index in [4.69, 9.17) is 16.3 Å². The van der Waals surface area contributed by atoms with Crippen molar-refractivity contribution in [2.24, 2.45) is 0 Å². The number of halogens is 1. The Morgan fingerprint density at radius 2 is 2.24 bits per heavy atom. The normalized spacial score (nSPS) is 18.4. The fourth-order valence-electron chi connectivity index (χ4n) is 2.12. The first-order valence-corrected chi connectivity index (χ1v) is 7.16. The van der Waals surface area contributed by atoms with Crippen molar-refractivity contribution in [3.8, 4) is 5.75 Å². The van der Waals surface area contributed by atoms with Crippen LogP contribution in [0.2, 0.25) is 5.02 Å². The van der Waals surface area contributed by atoms with Crippen LogP contribution < -0.4 is 20.7 Å². The molecule has 1 fully saturated rings. The maximum absolute atomic E-state index is 12.0. The van der Waals surface area contributed by atoms with Gasteiger partial charge in [-0.05, 0) is 31.4 Å². The largest absolute Gasteiger partial charge is 0.497 e. The van der Waals surface area contributed by atoms with E-state index in [1.807, 2.05) is 0 Å². The molecule has 3 amide bonds. The summed E-state index contributed by atoms with van der Waals surface area (Å²) in [5.74, 6) is 0.456. The molecule has 0 bridgehead atoms. The van der Waals surface area contributed by atoms with E-state index in [1.165, 1.54) is 7.11 Å². The van der Waals surface area contributed by atoms with E-state index in [-0.39, 0.29) is 5.91 Å². The molecule has 1 aromatic carbocycles. The number of nitrogens with one attached hydrogen (secondary N) is 3. The van der Waals surface area contributed by atoms with Crippen molar-refractivity contribution >= 4 is 29.2 Å². The van der Waals surface area contributed by atoms with Crippen LogP contribution in [0.25, 0.3) is 0 Å². The summed E-state index contributed by atoms with van der Waals surface area (Å²) in [5, 5.41) is 8.43. The Hall–Kier alpha value is -1.95. The van der Waals surface area contributed by atoms with E-state index < -0.39 is 12.1 Å². The first kappa shape index (κ1) is 15.4. The molecular weight excluding hydrogens is 294 g/mol. The average Bonchev–Trinajstić information content (AvgIpc) is 2.66. The molecule has 1 aliphatic heterocycles. The Morgan fingerprint density at radius 1 is 1.43 bits per heavy atom. The number of benzene rings is 1. The zero-order valence-corrected chi connectivity index (χ0v) is 12.5. The maximum atomic E-state index is 12.0. The van der Waals surface area contributed by atoms with Gasteiger partial charge >= 0.3 is 6.03 Å². The lowest BCUT2D eigenvalue weighted by Gasteiger charge is -2.16. The summed E-state index contributed by atoms with van der Waals surface area (Å²) in [6.07, 6.45) is 2.46. The highest BCUT2D eigenvalue weighted by Crippen LogP contribution is 2.26. The number of methoxy groups -OCH3 is 1. The molecule has 21 heavy (non-hydrogen) atoms. The number of carbonyl (C=O) groups excluding carboxylic acids is 2. The predicted octanol–water partition coefficient (Wildman–Crippen LogP) is 2.14. The molecule has 1 aliphatic rings. The highest BCUT2D eigenvalue weighted by molar-refractivity contribution is 6.33. The lowest BCUT2D eigenvalue weighted by atomic mass is 10.1. The smallest absolute Gasteiger partial charge is 0.319 e. The second kappa shape index (κ2) is 7.17. The highest BCUT2D eigenvalue weighted by atomic mass is 35.5. The molecule has 2 rings (SSSR count). The van der Waals surface area contributed by atoms with Crippen LogP contribution >= 0.6 is 11.6 Å². The molecule has 3 N–H and O–H groups in total. The zero-order valence-electron chi connectivity index (χ0n) is 11.7. The van der Waals surface area contributed by atoms with Crippen molar-refractivity contribution in [3.05, 3.63) is 23.2 Å². The Balaban J connectivity index is 1.96. The van der Waals surface area contributed by atoms with Gasteiger partial charge in [-0.2, -0.15) is 0 Å². The van der Waals surface area contributed by atoms with Crippen molar-refractivity contribution in [1.29, 1.82) is 0 Å². The molecule has 7 heteroatoms. The first-order chi connectivity index (χ1) is 10.1. The minimum atomic E-state index is -0.510. The molecule has 0 aromatic heterocycles. The SMILES string of the molecule is COc1ccc(NC(=O)N[C@H]2CCCCNC2=O)c(Cl)c1. The minimum Gasteiger partial charge on any atom is -0.497 e. The Bertz CT molecular complexity index is 536. The predicted molar refractivity (Wildman–Crippen MR) is 80.8 cm³/mol. The van der Waals surface area contributed by atoms with Gasteiger partial charge in [0.1, 0.15) is 11.8 Å². The standard InChI is InChI=1S/C14H18ClN3O3/c1-21-9-5-6-11(10(15)8-9)17-14(20)18-12-4-2-3-7-16-13(12)19/h5-6,8,12H,2-4,7H2,1H3,(H,16,19)(H2,17,18,20)/t12-/m0/s1. The van der Waals surface area contributed by atoms with Crippen molar-refractivity contribution in [1.82, 2.24) is 10.6 Å². The molecule has 0 radical (unpaired) electrons. The van der Waals surface area contributed by atoms with E-state index in [2.05, 4.69) is 16.0 Å². The average molecular weight is 312 g/mol. The van der Waals surface area contributed by atoms with Crippen LogP contribution in [0, 0.1) is 0 Å². The molecular formula is C14H18ClN3O3. The Morgan fingerprint density at radius 3 is 2.95 bits per heavy atom. The molecule has 1 aromatic rings. The van der Waals surface area contributed by atoms with E-state index in [0.717, 1.165) is 12.8 Å². The number of hydrogen-bond donors (Lipinski definition) is 3. The number of carbonyl (C=O) groups is 2. The van der Waals surface area contributed by atoms with Crippen molar-refractivity contribution < 1.29 is 14.3 Å². The van der Waals surface area contributed by atoms with Crippen LogP contribution in [0.1, 0.15) is 19.3 Å². The monoisotopic (exact) mass is 311 g/mol. The van der Waals surface area contributed by atoms with Crippen molar-refractivity contribution in [3.63, 3.8) is 0 Å². The van der Waals surface area contributed by atoms with E-state index in [1.54, 1.807) is 18.2 Å². The molecule has 6 nitrogen and oxygen atoms in total. The van der Waals surface area contributed by atoms with E-state index in [9.17, 15) is 9.59 Å². The van der Waals surface area contributed by atoms with Gasteiger partial charge in [0.15, 0.2) is 0 Å². The van der Waals surface area contributed by atoms with Crippen LogP contribution in [-0.4, -0.2) is 31.6 Å². The Labute approximate surface area is 128 Å². The number of hydrogen-bond acceptors (Lipinski definition) is 3. The van der Waals surface area contributed by atoms with Gasteiger partial charge in [-0.3, -0.25) is 4.79 Å². The summed E-state index contributed by atoms with van der Waals surface area (Å²) in [7, 11) is 1.54. The van der Waals surface area contributed by atoms with Gasteiger partial charge in [0.2, 0.25) is 5.91 Å². The second-order valence-corrected chi connectivity index (χ2v) is 5.19. The first-order valence-electron chi connectivity index (χ1n) is 6.79. The molecule has 114 valence electrons. The second-order valence-electron chi connectivity index (χ2n) is 4.78.